The van der Waals surface area contributed by atoms with E-state index in [1.807, 2.05) is 6.92 Å². The van der Waals surface area contributed by atoms with E-state index in [-0.39, 0.29) is 25.2 Å². The monoisotopic (exact) mass is 889 g/mol. The fraction of sp³-hybridized carbons (Fsp3) is 0.595. The number of aryl methyl sites for hydroxylation is 1. The first-order valence-corrected chi connectivity index (χ1v) is 20.6. The summed E-state index contributed by atoms with van der Waals surface area (Å²) in [5, 5.41) is 42.5. The van der Waals surface area contributed by atoms with Crippen molar-refractivity contribution in [2.45, 2.75) is 149 Å². The molecule has 1 aromatic rings. The van der Waals surface area contributed by atoms with E-state index in [1.54, 1.807) is 65.8 Å². The number of carboxylic acid groups (broad SMARTS) is 3. The molecule has 63 heavy (non-hydrogen) atoms. The first-order valence-electron chi connectivity index (χ1n) is 20.6. The standard InChI is InChI=1S/C42H63N7O14/c1-8-9-14-25(34(57)36(43)58)45-38(60)27(19-22(2)3)48-41(63)35(42(5,6)7)49-40(62)28(20-24-13-11-10-12-23(24)4)47-37(59)26(15-17-31(51)52)46-39(61)29(21-33(55)56)44-30(50)16-18-32(53)54/h10-13,22,25-29,35H,8-9,14-21H2,1-7H3,(H2,43,58)(H,44,50)(H,45,60)(H,46,61)(H,47,59)(H,48,63)(H,49,62)(H,51,52)(H,53,54)(H,55,56)/t25-,26+,27+,28+,29+,35-/m1/s1. The van der Waals surface area contributed by atoms with Gasteiger partial charge in [-0.15, -0.1) is 0 Å². The zero-order valence-corrected chi connectivity index (χ0v) is 36.8. The largest absolute Gasteiger partial charge is 0.481 e. The van der Waals surface area contributed by atoms with Gasteiger partial charge in [0.1, 0.15) is 30.2 Å². The van der Waals surface area contributed by atoms with Crippen LogP contribution in [0.2, 0.25) is 0 Å². The Bertz CT molecular complexity index is 1840. The molecule has 21 heteroatoms. The van der Waals surface area contributed by atoms with Gasteiger partial charge in [-0.1, -0.05) is 78.6 Å². The van der Waals surface area contributed by atoms with Gasteiger partial charge in [0.25, 0.3) is 5.91 Å². The molecule has 1 rings (SSSR count). The first kappa shape index (κ1) is 54.6. The Balaban J connectivity index is 3.59. The lowest BCUT2D eigenvalue weighted by atomic mass is 9.85. The Hall–Kier alpha value is -6.41. The normalized spacial score (nSPS) is 14.0. The Morgan fingerprint density at radius 3 is 1.67 bits per heavy atom. The molecule has 0 fully saturated rings. The highest BCUT2D eigenvalue weighted by Crippen LogP contribution is 2.21. The van der Waals surface area contributed by atoms with Gasteiger partial charge in [0, 0.05) is 19.3 Å². The van der Waals surface area contributed by atoms with Crippen molar-refractivity contribution >= 4 is 65.0 Å². The van der Waals surface area contributed by atoms with Crippen LogP contribution < -0.4 is 37.6 Å². The second kappa shape index (κ2) is 26.2. The third kappa shape index (κ3) is 20.3. The number of rotatable bonds is 28. The Labute approximate surface area is 365 Å². The number of carbonyl (C=O) groups excluding carboxylic acids is 8. The van der Waals surface area contributed by atoms with Crippen molar-refractivity contribution in [1.29, 1.82) is 0 Å². The average Bonchev–Trinajstić information content (AvgIpc) is 3.17. The maximum Gasteiger partial charge on any atom is 0.305 e. The lowest BCUT2D eigenvalue weighted by molar-refractivity contribution is -0.142. The van der Waals surface area contributed by atoms with E-state index in [9.17, 15) is 63.0 Å². The summed E-state index contributed by atoms with van der Waals surface area (Å²) in [6.07, 6.45) is -2.32. The lowest BCUT2D eigenvalue weighted by Gasteiger charge is -2.34. The highest BCUT2D eigenvalue weighted by Gasteiger charge is 2.39. The van der Waals surface area contributed by atoms with Crippen LogP contribution in [-0.2, 0) is 59.2 Å². The van der Waals surface area contributed by atoms with Crippen molar-refractivity contribution in [2.24, 2.45) is 17.1 Å². The first-order chi connectivity index (χ1) is 29.3. The van der Waals surface area contributed by atoms with Gasteiger partial charge >= 0.3 is 17.9 Å². The molecule has 6 atom stereocenters. The second-order valence-electron chi connectivity index (χ2n) is 16.7. The highest BCUT2D eigenvalue weighted by atomic mass is 16.4. The second-order valence-corrected chi connectivity index (χ2v) is 16.7. The van der Waals surface area contributed by atoms with E-state index >= 15 is 0 Å². The van der Waals surface area contributed by atoms with E-state index in [0.29, 0.717) is 24.0 Å². The van der Waals surface area contributed by atoms with Gasteiger partial charge in [-0.2, -0.15) is 0 Å². The quantitative estimate of drug-likeness (QED) is 0.0495. The number of hydrogen-bond donors (Lipinski definition) is 10. The van der Waals surface area contributed by atoms with Crippen LogP contribution in [0.15, 0.2) is 24.3 Å². The summed E-state index contributed by atoms with van der Waals surface area (Å²) >= 11 is 0. The third-order valence-electron chi connectivity index (χ3n) is 9.67. The summed E-state index contributed by atoms with van der Waals surface area (Å²) in [5.41, 5.74) is 5.45. The molecular weight excluding hydrogens is 826 g/mol. The topological polar surface area (TPSA) is 347 Å². The number of hydrogen-bond acceptors (Lipinski definition) is 11. The number of primary amides is 1. The smallest absolute Gasteiger partial charge is 0.305 e. The molecule has 0 aliphatic carbocycles. The van der Waals surface area contributed by atoms with Crippen LogP contribution in [0.1, 0.15) is 110 Å². The van der Waals surface area contributed by atoms with E-state index in [4.69, 9.17) is 10.8 Å². The molecule has 0 aliphatic heterocycles. The molecule has 0 aliphatic rings. The molecule has 0 bridgehead atoms. The zero-order chi connectivity index (χ0) is 48.2. The van der Waals surface area contributed by atoms with E-state index < -0.39 is 139 Å². The lowest BCUT2D eigenvalue weighted by Crippen LogP contribution is -2.62. The zero-order valence-electron chi connectivity index (χ0n) is 36.8. The molecule has 0 unspecified atom stereocenters. The number of carbonyl (C=O) groups is 11. The number of nitrogens with one attached hydrogen (secondary N) is 6. The van der Waals surface area contributed by atoms with Gasteiger partial charge in [-0.25, -0.2) is 0 Å². The number of aliphatic carboxylic acids is 3. The molecule has 0 saturated carbocycles. The van der Waals surface area contributed by atoms with Crippen molar-refractivity contribution < 1.29 is 68.1 Å². The Morgan fingerprint density at radius 2 is 1.14 bits per heavy atom. The number of carboxylic acids is 3. The van der Waals surface area contributed by atoms with Gasteiger partial charge < -0.3 is 53.0 Å². The molecule has 0 heterocycles. The minimum absolute atomic E-state index is 0.0857. The van der Waals surface area contributed by atoms with Crippen LogP contribution in [0.5, 0.6) is 0 Å². The molecule has 0 radical (unpaired) electrons. The minimum atomic E-state index is -1.81. The number of unbranched alkanes of at least 4 members (excludes halogenated alkanes) is 1. The number of Topliss-reactive ketones (excluding diaryl/α,β-unsaturated/α-hetero) is 1. The van der Waals surface area contributed by atoms with Crippen LogP contribution in [0.25, 0.3) is 0 Å². The van der Waals surface area contributed by atoms with E-state index in [0.717, 1.165) is 0 Å². The van der Waals surface area contributed by atoms with Crippen molar-refractivity contribution in [2.75, 3.05) is 0 Å². The molecule has 21 nitrogen and oxygen atoms in total. The van der Waals surface area contributed by atoms with Gasteiger partial charge in [0.2, 0.25) is 41.2 Å². The van der Waals surface area contributed by atoms with E-state index in [1.165, 1.54) is 0 Å². The number of nitrogens with two attached hydrogens (primary N) is 1. The summed E-state index contributed by atoms with van der Waals surface area (Å²) < 4.78 is 0. The molecule has 0 saturated heterocycles. The molecule has 350 valence electrons. The van der Waals surface area contributed by atoms with Crippen molar-refractivity contribution in [1.82, 2.24) is 31.9 Å². The maximum absolute atomic E-state index is 14.3. The summed E-state index contributed by atoms with van der Waals surface area (Å²) in [6, 6.07) is -2.05. The molecule has 1 aromatic carbocycles. The van der Waals surface area contributed by atoms with Crippen molar-refractivity contribution in [3.63, 3.8) is 0 Å². The number of ketones is 1. The predicted molar refractivity (Wildman–Crippen MR) is 225 cm³/mol. The van der Waals surface area contributed by atoms with Gasteiger partial charge in [0.05, 0.1) is 18.9 Å². The molecule has 0 aromatic heterocycles. The van der Waals surface area contributed by atoms with Crippen LogP contribution >= 0.6 is 0 Å². The number of benzene rings is 1. The van der Waals surface area contributed by atoms with Crippen molar-refractivity contribution in [3.8, 4) is 0 Å². The third-order valence-corrected chi connectivity index (χ3v) is 9.67. The fourth-order valence-electron chi connectivity index (χ4n) is 6.22. The number of amides is 7. The Morgan fingerprint density at radius 1 is 0.619 bits per heavy atom. The summed E-state index contributed by atoms with van der Waals surface area (Å²) in [5.74, 6) is -12.4. The SMILES string of the molecule is CCCC[C@@H](NC(=O)[C@H](CC(C)C)NC(=O)[C@@H](NC(=O)[C@H](Cc1ccccc1C)NC(=O)[C@H](CCC(=O)O)NC(=O)[C@H](CC(=O)O)NC(=O)CCC(=O)O)C(C)(C)C)C(=O)C(N)=O. The van der Waals surface area contributed by atoms with Crippen LogP contribution in [0.3, 0.4) is 0 Å². The molecule has 0 spiro atoms. The summed E-state index contributed by atoms with van der Waals surface area (Å²) in [6.45, 7) is 12.0. The van der Waals surface area contributed by atoms with Gasteiger partial charge in [-0.3, -0.25) is 52.7 Å². The van der Waals surface area contributed by atoms with Crippen molar-refractivity contribution in [3.05, 3.63) is 35.4 Å². The summed E-state index contributed by atoms with van der Waals surface area (Å²) in [7, 11) is 0. The van der Waals surface area contributed by atoms with Crippen LogP contribution in [0.4, 0.5) is 0 Å². The fourth-order valence-corrected chi connectivity index (χ4v) is 6.22. The maximum atomic E-state index is 14.3. The summed E-state index contributed by atoms with van der Waals surface area (Å²) in [4.78, 5) is 140. The molecule has 11 N–H and O–H groups in total. The highest BCUT2D eigenvalue weighted by molar-refractivity contribution is 6.37. The van der Waals surface area contributed by atoms with Gasteiger partial charge in [-0.05, 0) is 48.6 Å². The van der Waals surface area contributed by atoms with Crippen LogP contribution in [-0.4, -0.2) is 117 Å². The van der Waals surface area contributed by atoms with E-state index in [2.05, 4.69) is 31.9 Å². The minimum Gasteiger partial charge on any atom is -0.481 e. The molecule has 7 amide bonds. The van der Waals surface area contributed by atoms with Crippen LogP contribution in [0, 0.1) is 18.3 Å². The predicted octanol–water partition coefficient (Wildman–Crippen LogP) is -0.0126. The Kier molecular flexibility index (Phi) is 22.7. The van der Waals surface area contributed by atoms with Gasteiger partial charge in [0.15, 0.2) is 0 Å². The average molecular weight is 890 g/mol. The molecular formula is C42H63N7O14.